The molecule has 0 aliphatic carbocycles. The highest BCUT2D eigenvalue weighted by Gasteiger charge is 2.18. The van der Waals surface area contributed by atoms with E-state index in [0.29, 0.717) is 11.5 Å². The van der Waals surface area contributed by atoms with E-state index in [4.69, 9.17) is 0 Å². The van der Waals surface area contributed by atoms with Crippen LogP contribution in [0.5, 0.6) is 0 Å². The molecule has 1 N–H and O–H groups in total. The molecule has 0 radical (unpaired) electrons. The molecule has 4 heteroatoms. The van der Waals surface area contributed by atoms with E-state index in [1.54, 1.807) is 6.20 Å². The molecule has 1 fully saturated rings. The topological polar surface area (TPSA) is 45.2 Å². The van der Waals surface area contributed by atoms with Crippen molar-refractivity contribution >= 4 is 17.3 Å². The molecule has 0 spiro atoms. The van der Waals surface area contributed by atoms with Gasteiger partial charge in [0.1, 0.15) is 0 Å². The van der Waals surface area contributed by atoms with Gasteiger partial charge < -0.3 is 10.2 Å². The fourth-order valence-corrected chi connectivity index (χ4v) is 3.30. The van der Waals surface area contributed by atoms with Gasteiger partial charge in [-0.05, 0) is 42.4 Å². The first-order valence-corrected chi connectivity index (χ1v) is 9.15. The monoisotopic (exact) mass is 337 g/mol. The highest BCUT2D eigenvalue weighted by Crippen LogP contribution is 2.26. The zero-order valence-electron chi connectivity index (χ0n) is 15.3. The summed E-state index contributed by atoms with van der Waals surface area (Å²) in [6.07, 6.45) is 5.88. The van der Waals surface area contributed by atoms with Gasteiger partial charge in [-0.2, -0.15) is 0 Å². The molecule has 1 amide bonds. The molecule has 0 unspecified atom stereocenters. The fourth-order valence-electron chi connectivity index (χ4n) is 3.30. The number of nitrogens with zero attached hydrogens (tertiary/aromatic N) is 2. The summed E-state index contributed by atoms with van der Waals surface area (Å²) in [5, 5.41) is 3.05. The van der Waals surface area contributed by atoms with Crippen LogP contribution in [0.25, 0.3) is 0 Å². The zero-order valence-corrected chi connectivity index (χ0v) is 15.3. The summed E-state index contributed by atoms with van der Waals surface area (Å²) in [7, 11) is 0. The summed E-state index contributed by atoms with van der Waals surface area (Å²) in [6.45, 7) is 8.62. The lowest BCUT2D eigenvalue weighted by molar-refractivity contribution is 0.102. The molecule has 0 bridgehead atoms. The van der Waals surface area contributed by atoms with Crippen LogP contribution in [0.1, 0.15) is 55.5 Å². The Hall–Kier alpha value is -2.36. The summed E-state index contributed by atoms with van der Waals surface area (Å²) < 4.78 is 0. The Balaban J connectivity index is 1.76. The van der Waals surface area contributed by atoms with Crippen molar-refractivity contribution in [3.05, 3.63) is 53.9 Å². The molecule has 0 saturated carbocycles. The molecule has 1 aliphatic rings. The first-order valence-electron chi connectivity index (χ1n) is 9.15. The molecule has 1 saturated heterocycles. The third kappa shape index (κ3) is 4.19. The molecule has 25 heavy (non-hydrogen) atoms. The molecule has 1 aliphatic heterocycles. The van der Waals surface area contributed by atoms with Crippen LogP contribution < -0.4 is 10.2 Å². The van der Waals surface area contributed by atoms with Crippen molar-refractivity contribution in [2.24, 2.45) is 5.92 Å². The van der Waals surface area contributed by atoms with E-state index in [-0.39, 0.29) is 5.91 Å². The van der Waals surface area contributed by atoms with E-state index in [9.17, 15) is 4.79 Å². The van der Waals surface area contributed by atoms with Crippen molar-refractivity contribution in [1.82, 2.24) is 4.98 Å². The molecule has 132 valence electrons. The van der Waals surface area contributed by atoms with E-state index in [1.807, 2.05) is 30.5 Å². The number of hydrogen-bond donors (Lipinski definition) is 1. The van der Waals surface area contributed by atoms with Gasteiger partial charge in [0.15, 0.2) is 0 Å². The second-order valence-electron chi connectivity index (χ2n) is 7.30. The predicted molar refractivity (Wildman–Crippen MR) is 103 cm³/mol. The van der Waals surface area contributed by atoms with Crippen molar-refractivity contribution in [2.75, 3.05) is 23.3 Å². The summed E-state index contributed by atoms with van der Waals surface area (Å²) in [5.41, 5.74) is 3.66. The number of carbonyl (C=O) groups excluding carboxylic acids is 1. The second-order valence-corrected chi connectivity index (χ2v) is 7.30. The lowest BCUT2D eigenvalue weighted by Gasteiger charge is -2.32. The maximum atomic E-state index is 12.7. The number of aromatic nitrogens is 1. The van der Waals surface area contributed by atoms with E-state index < -0.39 is 0 Å². The minimum Gasteiger partial charge on any atom is -0.370 e. The maximum absolute atomic E-state index is 12.7. The molecule has 2 aromatic rings. The van der Waals surface area contributed by atoms with Gasteiger partial charge in [0, 0.05) is 25.0 Å². The second kappa shape index (κ2) is 7.68. The zero-order chi connectivity index (χ0) is 17.8. The molecule has 3 rings (SSSR count). The van der Waals surface area contributed by atoms with E-state index in [0.717, 1.165) is 35.9 Å². The Morgan fingerprint density at radius 1 is 1.20 bits per heavy atom. The van der Waals surface area contributed by atoms with Crippen molar-refractivity contribution in [3.8, 4) is 0 Å². The van der Waals surface area contributed by atoms with Crippen molar-refractivity contribution < 1.29 is 4.79 Å². The highest BCUT2D eigenvalue weighted by molar-refractivity contribution is 6.05. The van der Waals surface area contributed by atoms with Gasteiger partial charge in [0.25, 0.3) is 5.91 Å². The van der Waals surface area contributed by atoms with E-state index >= 15 is 0 Å². The van der Waals surface area contributed by atoms with Crippen LogP contribution in [0.3, 0.4) is 0 Å². The first kappa shape index (κ1) is 17.5. The molecule has 2 heterocycles. The standard InChI is InChI=1S/C21H27N3O/c1-15(2)19-6-4-5-7-20(19)23-21(25)17-12-18(14-22-13-17)24-10-8-16(3)9-11-24/h4-7,12-16H,8-11H2,1-3H3,(H,23,25). The van der Waals surface area contributed by atoms with Gasteiger partial charge in [-0.1, -0.05) is 39.0 Å². The third-order valence-corrected chi connectivity index (χ3v) is 4.97. The van der Waals surface area contributed by atoms with Crippen molar-refractivity contribution in [2.45, 2.75) is 39.5 Å². The first-order chi connectivity index (χ1) is 12.0. The number of carbonyl (C=O) groups is 1. The number of pyridine rings is 1. The number of benzene rings is 1. The molecule has 4 nitrogen and oxygen atoms in total. The maximum Gasteiger partial charge on any atom is 0.257 e. The molecular weight excluding hydrogens is 310 g/mol. The van der Waals surface area contributed by atoms with Crippen LogP contribution in [0, 0.1) is 5.92 Å². The summed E-state index contributed by atoms with van der Waals surface area (Å²) >= 11 is 0. The number of amides is 1. The quantitative estimate of drug-likeness (QED) is 0.880. The van der Waals surface area contributed by atoms with Crippen LogP contribution in [-0.2, 0) is 0 Å². The Labute approximate surface area is 150 Å². The Kier molecular flexibility index (Phi) is 5.37. The van der Waals surface area contributed by atoms with Gasteiger partial charge in [-0.3, -0.25) is 9.78 Å². The van der Waals surface area contributed by atoms with Gasteiger partial charge in [-0.25, -0.2) is 0 Å². The number of piperidine rings is 1. The smallest absolute Gasteiger partial charge is 0.257 e. The minimum atomic E-state index is -0.104. The summed E-state index contributed by atoms with van der Waals surface area (Å²) in [5.74, 6) is 1.03. The lowest BCUT2D eigenvalue weighted by atomic mass is 9.99. The van der Waals surface area contributed by atoms with Crippen LogP contribution in [0.2, 0.25) is 0 Å². The lowest BCUT2D eigenvalue weighted by Crippen LogP contribution is -2.33. The van der Waals surface area contributed by atoms with Crippen LogP contribution >= 0.6 is 0 Å². The van der Waals surface area contributed by atoms with Crippen LogP contribution in [-0.4, -0.2) is 24.0 Å². The number of para-hydroxylation sites is 1. The minimum absolute atomic E-state index is 0.104. The normalized spacial score (nSPS) is 15.4. The van der Waals surface area contributed by atoms with Gasteiger partial charge >= 0.3 is 0 Å². The Bertz CT molecular complexity index is 733. The van der Waals surface area contributed by atoms with Crippen molar-refractivity contribution in [3.63, 3.8) is 0 Å². The van der Waals surface area contributed by atoms with Crippen molar-refractivity contribution in [1.29, 1.82) is 0 Å². The van der Waals surface area contributed by atoms with Crippen LogP contribution in [0.4, 0.5) is 11.4 Å². The van der Waals surface area contributed by atoms with E-state index in [2.05, 4.69) is 42.0 Å². The van der Waals surface area contributed by atoms with Crippen LogP contribution in [0.15, 0.2) is 42.7 Å². The third-order valence-electron chi connectivity index (χ3n) is 4.97. The number of nitrogens with one attached hydrogen (secondary N) is 1. The molecule has 1 aromatic carbocycles. The Morgan fingerprint density at radius 3 is 2.64 bits per heavy atom. The Morgan fingerprint density at radius 2 is 1.92 bits per heavy atom. The SMILES string of the molecule is CC1CCN(c2cncc(C(=O)Nc3ccccc3C(C)C)c2)CC1. The largest absolute Gasteiger partial charge is 0.370 e. The number of anilines is 2. The predicted octanol–water partition coefficient (Wildman–Crippen LogP) is 4.69. The van der Waals surface area contributed by atoms with Gasteiger partial charge in [0.05, 0.1) is 17.4 Å². The molecular formula is C21H27N3O. The molecule has 0 atom stereocenters. The molecule has 1 aromatic heterocycles. The van der Waals surface area contributed by atoms with Gasteiger partial charge in [-0.15, -0.1) is 0 Å². The van der Waals surface area contributed by atoms with E-state index in [1.165, 1.54) is 12.8 Å². The van der Waals surface area contributed by atoms with Gasteiger partial charge in [0.2, 0.25) is 0 Å². The summed E-state index contributed by atoms with van der Waals surface area (Å²) in [6, 6.07) is 9.92. The fraction of sp³-hybridized carbons (Fsp3) is 0.429. The number of rotatable bonds is 4. The average molecular weight is 337 g/mol. The highest BCUT2D eigenvalue weighted by atomic mass is 16.1. The summed E-state index contributed by atoms with van der Waals surface area (Å²) in [4.78, 5) is 19.3. The average Bonchev–Trinajstić information content (AvgIpc) is 2.62. The number of hydrogen-bond acceptors (Lipinski definition) is 3.